The summed E-state index contributed by atoms with van der Waals surface area (Å²) in [5.74, 6) is -0.0131. The number of nitrogens with one attached hydrogen (secondary N) is 2. The Balaban J connectivity index is 1.56. The van der Waals surface area contributed by atoms with E-state index in [0.717, 1.165) is 17.8 Å². The molecule has 1 aromatic heterocycles. The van der Waals surface area contributed by atoms with Crippen LogP contribution in [-0.2, 0) is 16.1 Å². The van der Waals surface area contributed by atoms with Crippen LogP contribution >= 0.6 is 0 Å². The smallest absolute Gasteiger partial charge is 0.226 e. The van der Waals surface area contributed by atoms with Gasteiger partial charge in [0.15, 0.2) is 0 Å². The minimum Gasteiger partial charge on any atom is -0.378 e. The van der Waals surface area contributed by atoms with Crippen molar-refractivity contribution in [2.45, 2.75) is 19.0 Å². The first kappa shape index (κ1) is 14.7. The Morgan fingerprint density at radius 2 is 2.45 bits per heavy atom. The molecule has 7 heteroatoms. The molecule has 1 fully saturated rings. The second kappa shape index (κ2) is 7.15. The quantitative estimate of drug-likeness (QED) is 0.847. The maximum absolute atomic E-state index is 12.1. The van der Waals surface area contributed by atoms with Crippen LogP contribution in [0, 0.1) is 0 Å². The first-order chi connectivity index (χ1) is 10.8. The largest absolute Gasteiger partial charge is 0.378 e. The van der Waals surface area contributed by atoms with Gasteiger partial charge in [-0.05, 0) is 17.7 Å². The van der Waals surface area contributed by atoms with Gasteiger partial charge in [0.2, 0.25) is 5.91 Å². The molecule has 1 amide bonds. The molecule has 1 saturated heterocycles. The molecule has 0 bridgehead atoms. The predicted molar refractivity (Wildman–Crippen MR) is 81.4 cm³/mol. The van der Waals surface area contributed by atoms with Crippen molar-refractivity contribution in [2.24, 2.45) is 0 Å². The molecule has 1 aromatic carbocycles. The van der Waals surface area contributed by atoms with Crippen LogP contribution in [0.3, 0.4) is 0 Å². The molecular formula is C15H19N5O2. The number of morpholine rings is 1. The molecule has 1 aliphatic rings. The maximum atomic E-state index is 12.1. The monoisotopic (exact) mass is 301 g/mol. The molecule has 1 atom stereocenters. The Hall–Kier alpha value is -2.25. The Morgan fingerprint density at radius 1 is 1.50 bits per heavy atom. The van der Waals surface area contributed by atoms with E-state index in [-0.39, 0.29) is 11.9 Å². The number of amides is 1. The lowest BCUT2D eigenvalue weighted by atomic mass is 10.1. The van der Waals surface area contributed by atoms with Gasteiger partial charge in [0.25, 0.3) is 0 Å². The van der Waals surface area contributed by atoms with Crippen LogP contribution < -0.4 is 10.6 Å². The van der Waals surface area contributed by atoms with Gasteiger partial charge in [0.05, 0.1) is 19.8 Å². The second-order valence-electron chi connectivity index (χ2n) is 5.27. The van der Waals surface area contributed by atoms with Gasteiger partial charge in [-0.2, -0.15) is 5.10 Å². The molecule has 2 heterocycles. The van der Waals surface area contributed by atoms with Crippen molar-refractivity contribution >= 4 is 11.6 Å². The van der Waals surface area contributed by atoms with E-state index < -0.39 is 0 Å². The molecule has 0 saturated carbocycles. The average Bonchev–Trinajstić information content (AvgIpc) is 3.01. The van der Waals surface area contributed by atoms with Crippen molar-refractivity contribution in [2.75, 3.05) is 25.1 Å². The normalized spacial score (nSPS) is 18.1. The minimum absolute atomic E-state index is 0.0131. The van der Waals surface area contributed by atoms with Crippen molar-refractivity contribution in [1.82, 2.24) is 20.1 Å². The van der Waals surface area contributed by atoms with Crippen LogP contribution in [0.4, 0.5) is 5.69 Å². The third-order valence-corrected chi connectivity index (χ3v) is 3.45. The number of carbonyl (C=O) groups is 1. The Morgan fingerprint density at radius 3 is 3.23 bits per heavy atom. The van der Waals surface area contributed by atoms with E-state index in [4.69, 9.17) is 4.74 Å². The highest BCUT2D eigenvalue weighted by Gasteiger charge is 2.16. The van der Waals surface area contributed by atoms with Crippen LogP contribution in [0.5, 0.6) is 0 Å². The third-order valence-electron chi connectivity index (χ3n) is 3.45. The minimum atomic E-state index is -0.0131. The SMILES string of the molecule is O=C(CC1COCCN1)Nc1cccc(Cn2cncn2)c1. The number of carbonyl (C=O) groups excluding carboxylic acids is 1. The summed E-state index contributed by atoms with van der Waals surface area (Å²) in [7, 11) is 0. The van der Waals surface area contributed by atoms with Crippen LogP contribution in [0.25, 0.3) is 0 Å². The Bertz CT molecular complexity index is 608. The van der Waals surface area contributed by atoms with Gasteiger partial charge in [0, 0.05) is 24.7 Å². The van der Waals surface area contributed by atoms with Gasteiger partial charge in [-0.25, -0.2) is 9.67 Å². The molecule has 0 radical (unpaired) electrons. The van der Waals surface area contributed by atoms with E-state index in [0.29, 0.717) is 26.2 Å². The van der Waals surface area contributed by atoms with Crippen molar-refractivity contribution in [3.63, 3.8) is 0 Å². The van der Waals surface area contributed by atoms with Gasteiger partial charge >= 0.3 is 0 Å². The zero-order chi connectivity index (χ0) is 15.2. The van der Waals surface area contributed by atoms with Gasteiger partial charge in [-0.1, -0.05) is 12.1 Å². The Labute approximate surface area is 128 Å². The highest BCUT2D eigenvalue weighted by Crippen LogP contribution is 2.12. The van der Waals surface area contributed by atoms with E-state index in [1.165, 1.54) is 6.33 Å². The lowest BCUT2D eigenvalue weighted by molar-refractivity contribution is -0.117. The summed E-state index contributed by atoms with van der Waals surface area (Å²) < 4.78 is 7.09. The highest BCUT2D eigenvalue weighted by molar-refractivity contribution is 5.91. The van der Waals surface area contributed by atoms with Crippen molar-refractivity contribution < 1.29 is 9.53 Å². The topological polar surface area (TPSA) is 81.1 Å². The molecule has 1 aliphatic heterocycles. The number of hydrogen-bond donors (Lipinski definition) is 2. The molecule has 22 heavy (non-hydrogen) atoms. The van der Waals surface area contributed by atoms with Gasteiger partial charge in [-0.15, -0.1) is 0 Å². The van der Waals surface area contributed by atoms with E-state index in [1.807, 2.05) is 24.3 Å². The summed E-state index contributed by atoms with van der Waals surface area (Å²) in [5, 5.41) is 10.3. The first-order valence-corrected chi connectivity index (χ1v) is 7.32. The van der Waals surface area contributed by atoms with E-state index in [1.54, 1.807) is 11.0 Å². The lowest BCUT2D eigenvalue weighted by Gasteiger charge is -2.23. The Kier molecular flexibility index (Phi) is 4.77. The fraction of sp³-hybridized carbons (Fsp3) is 0.400. The number of nitrogens with zero attached hydrogens (tertiary/aromatic N) is 3. The highest BCUT2D eigenvalue weighted by atomic mass is 16.5. The lowest BCUT2D eigenvalue weighted by Crippen LogP contribution is -2.43. The van der Waals surface area contributed by atoms with Gasteiger partial charge in [0.1, 0.15) is 12.7 Å². The van der Waals surface area contributed by atoms with E-state index in [2.05, 4.69) is 20.7 Å². The van der Waals surface area contributed by atoms with Crippen LogP contribution in [0.15, 0.2) is 36.9 Å². The standard InChI is InChI=1S/C15H19N5O2/c21-15(7-14-9-22-5-4-17-14)19-13-3-1-2-12(6-13)8-20-11-16-10-18-20/h1-3,6,10-11,14,17H,4-5,7-9H2,(H,19,21). The number of ether oxygens (including phenoxy) is 1. The van der Waals surface area contributed by atoms with Crippen LogP contribution in [0.2, 0.25) is 0 Å². The number of rotatable bonds is 5. The fourth-order valence-electron chi connectivity index (χ4n) is 2.44. The number of hydrogen-bond acceptors (Lipinski definition) is 5. The predicted octanol–water partition coefficient (Wildman–Crippen LogP) is 0.643. The summed E-state index contributed by atoms with van der Waals surface area (Å²) in [6, 6.07) is 7.84. The molecule has 3 rings (SSSR count). The number of aromatic nitrogens is 3. The average molecular weight is 301 g/mol. The van der Waals surface area contributed by atoms with Crippen LogP contribution in [-0.4, -0.2) is 46.5 Å². The molecule has 2 N–H and O–H groups in total. The van der Waals surface area contributed by atoms with Crippen molar-refractivity contribution in [3.05, 3.63) is 42.5 Å². The summed E-state index contributed by atoms with van der Waals surface area (Å²) in [5.41, 5.74) is 1.85. The molecule has 0 spiro atoms. The van der Waals surface area contributed by atoms with E-state index in [9.17, 15) is 4.79 Å². The van der Waals surface area contributed by atoms with E-state index >= 15 is 0 Å². The molecule has 1 unspecified atom stereocenters. The maximum Gasteiger partial charge on any atom is 0.226 e. The van der Waals surface area contributed by atoms with Gasteiger partial charge < -0.3 is 15.4 Å². The molecule has 116 valence electrons. The van der Waals surface area contributed by atoms with Gasteiger partial charge in [-0.3, -0.25) is 4.79 Å². The summed E-state index contributed by atoms with van der Waals surface area (Å²) in [6.45, 7) is 2.72. The summed E-state index contributed by atoms with van der Waals surface area (Å²) in [4.78, 5) is 16.0. The van der Waals surface area contributed by atoms with Crippen molar-refractivity contribution in [1.29, 1.82) is 0 Å². The van der Waals surface area contributed by atoms with Crippen molar-refractivity contribution in [3.8, 4) is 0 Å². The fourth-order valence-corrected chi connectivity index (χ4v) is 2.44. The molecular weight excluding hydrogens is 282 g/mol. The van der Waals surface area contributed by atoms with Crippen LogP contribution in [0.1, 0.15) is 12.0 Å². The number of anilines is 1. The zero-order valence-corrected chi connectivity index (χ0v) is 12.2. The first-order valence-electron chi connectivity index (χ1n) is 7.32. The third kappa shape index (κ3) is 4.12. The summed E-state index contributed by atoms with van der Waals surface area (Å²) >= 11 is 0. The molecule has 7 nitrogen and oxygen atoms in total. The molecule has 0 aliphatic carbocycles. The molecule has 2 aromatic rings. The second-order valence-corrected chi connectivity index (χ2v) is 5.27. The number of benzene rings is 1. The zero-order valence-electron chi connectivity index (χ0n) is 12.2. The summed E-state index contributed by atoms with van der Waals surface area (Å²) in [6.07, 6.45) is 3.58.